The van der Waals surface area contributed by atoms with Gasteiger partial charge >= 0.3 is 0 Å². The molecule has 4 aromatic rings. The van der Waals surface area contributed by atoms with Crippen molar-refractivity contribution in [2.75, 3.05) is 5.32 Å². The summed E-state index contributed by atoms with van der Waals surface area (Å²) < 4.78 is 1.63. The van der Waals surface area contributed by atoms with Gasteiger partial charge in [0, 0.05) is 16.6 Å². The predicted molar refractivity (Wildman–Crippen MR) is 136 cm³/mol. The fourth-order valence-corrected chi connectivity index (χ4v) is 5.85. The van der Waals surface area contributed by atoms with E-state index >= 15 is 0 Å². The standard InChI is InChI=1S/C25H18N4O5S2/c1-14-20(23(31)27-16-8-3-2-4-9-16)21(18-11-6-12-35-18)28-24(32)19(36-25(28)26-14)13-15-7-5-10-17(22(15)30)29(33)34/h2-13,21,30H,1H3,(H,27,31)/p-1/b19-13+/t21-/m1/s1. The number of aromatic nitrogens is 1. The number of thiophene rings is 1. The number of nitro benzene ring substituents is 1. The third-order valence-electron chi connectivity index (χ3n) is 5.62. The van der Waals surface area contributed by atoms with Crippen LogP contribution in [-0.4, -0.2) is 15.4 Å². The van der Waals surface area contributed by atoms with Crippen LogP contribution in [0, 0.1) is 10.1 Å². The van der Waals surface area contributed by atoms with E-state index in [1.165, 1.54) is 34.1 Å². The number of rotatable bonds is 5. The SMILES string of the molecule is CC1=C(C(=O)Nc2ccccc2)[C@@H](c2cccs2)n2c(s/c(=C/c3cccc([N+](=O)[O-])c3[O-])c2=O)=N1. The molecule has 9 nitrogen and oxygen atoms in total. The molecule has 36 heavy (non-hydrogen) atoms. The average molecular weight is 518 g/mol. The van der Waals surface area contributed by atoms with Crippen LogP contribution in [0.1, 0.15) is 23.4 Å². The molecular weight excluding hydrogens is 500 g/mol. The van der Waals surface area contributed by atoms with Crippen LogP contribution in [0.15, 0.2) is 87.1 Å². The van der Waals surface area contributed by atoms with Crippen molar-refractivity contribution in [3.63, 3.8) is 0 Å². The van der Waals surface area contributed by atoms with Gasteiger partial charge in [0.05, 0.1) is 20.7 Å². The lowest BCUT2D eigenvalue weighted by Crippen LogP contribution is -2.40. The molecule has 11 heteroatoms. The Morgan fingerprint density at radius 3 is 2.61 bits per heavy atom. The van der Waals surface area contributed by atoms with Crippen molar-refractivity contribution < 1.29 is 14.8 Å². The fourth-order valence-electron chi connectivity index (χ4n) is 3.99. The minimum absolute atomic E-state index is 0.0277. The summed E-state index contributed by atoms with van der Waals surface area (Å²) in [6.07, 6.45) is 1.34. The molecule has 0 aliphatic carbocycles. The molecule has 0 bridgehead atoms. The Hall–Kier alpha value is -4.35. The molecule has 0 fully saturated rings. The number of nitrogens with one attached hydrogen (secondary N) is 1. The summed E-state index contributed by atoms with van der Waals surface area (Å²) in [5.41, 5.74) is 0.428. The number of allylic oxidation sites excluding steroid dienone is 1. The van der Waals surface area contributed by atoms with E-state index in [1.54, 1.807) is 31.2 Å². The number of fused-ring (bicyclic) bond motifs is 1. The van der Waals surface area contributed by atoms with E-state index in [-0.39, 0.29) is 16.0 Å². The lowest BCUT2D eigenvalue weighted by atomic mass is 10.0. The molecule has 0 saturated carbocycles. The number of amides is 1. The highest BCUT2D eigenvalue weighted by molar-refractivity contribution is 7.10. The minimum atomic E-state index is -0.776. The minimum Gasteiger partial charge on any atom is -0.867 e. The second kappa shape index (κ2) is 9.36. The Labute approximate surface area is 211 Å². The molecular formula is C25H17N4O5S2-. The van der Waals surface area contributed by atoms with E-state index in [1.807, 2.05) is 23.6 Å². The Morgan fingerprint density at radius 1 is 1.14 bits per heavy atom. The first kappa shape index (κ1) is 23.4. The first-order chi connectivity index (χ1) is 17.3. The number of anilines is 1. The Bertz CT molecular complexity index is 1700. The zero-order valence-electron chi connectivity index (χ0n) is 18.7. The first-order valence-corrected chi connectivity index (χ1v) is 12.4. The van der Waals surface area contributed by atoms with Gasteiger partial charge in [-0.1, -0.05) is 47.7 Å². The van der Waals surface area contributed by atoms with Crippen molar-refractivity contribution in [2.24, 2.45) is 4.99 Å². The molecule has 2 aromatic heterocycles. The van der Waals surface area contributed by atoms with Gasteiger partial charge in [-0.05, 0) is 47.9 Å². The van der Waals surface area contributed by atoms with Crippen LogP contribution in [0.3, 0.4) is 0 Å². The summed E-state index contributed by atoms with van der Waals surface area (Å²) in [6.45, 7) is 1.72. The smallest absolute Gasteiger partial charge is 0.271 e. The van der Waals surface area contributed by atoms with Gasteiger partial charge in [-0.15, -0.1) is 11.3 Å². The third kappa shape index (κ3) is 4.14. The van der Waals surface area contributed by atoms with E-state index in [9.17, 15) is 24.8 Å². The average Bonchev–Trinajstić information content (AvgIpc) is 3.48. The van der Waals surface area contributed by atoms with E-state index in [0.29, 0.717) is 21.8 Å². The quantitative estimate of drug-likeness (QED) is 0.321. The largest absolute Gasteiger partial charge is 0.867 e. The van der Waals surface area contributed by atoms with E-state index in [4.69, 9.17) is 0 Å². The highest BCUT2D eigenvalue weighted by atomic mass is 32.1. The van der Waals surface area contributed by atoms with Crippen LogP contribution in [0.25, 0.3) is 6.08 Å². The fraction of sp³-hybridized carbons (Fsp3) is 0.0800. The molecule has 1 atom stereocenters. The maximum atomic E-state index is 13.6. The van der Waals surface area contributed by atoms with Crippen LogP contribution in [0.4, 0.5) is 11.4 Å². The summed E-state index contributed by atoms with van der Waals surface area (Å²) in [6, 6.07) is 15.9. The summed E-state index contributed by atoms with van der Waals surface area (Å²) in [7, 11) is 0. The number of carbonyl (C=O) groups is 1. The van der Waals surface area contributed by atoms with Crippen molar-refractivity contribution in [3.8, 4) is 5.75 Å². The number of nitro groups is 1. The van der Waals surface area contributed by atoms with Crippen molar-refractivity contribution >= 4 is 46.0 Å². The molecule has 1 aliphatic heterocycles. The van der Waals surface area contributed by atoms with Gasteiger partial charge in [0.1, 0.15) is 6.04 Å². The highest BCUT2D eigenvalue weighted by Crippen LogP contribution is 2.33. The molecule has 3 heterocycles. The Balaban J connectivity index is 1.66. The van der Waals surface area contributed by atoms with Gasteiger partial charge in [-0.25, -0.2) is 4.99 Å². The third-order valence-corrected chi connectivity index (χ3v) is 7.53. The van der Waals surface area contributed by atoms with Crippen LogP contribution in [-0.2, 0) is 4.79 Å². The van der Waals surface area contributed by atoms with Gasteiger partial charge in [-0.3, -0.25) is 24.3 Å². The van der Waals surface area contributed by atoms with Gasteiger partial charge in [-0.2, -0.15) is 0 Å². The van der Waals surface area contributed by atoms with Crippen LogP contribution in [0.5, 0.6) is 5.75 Å². The second-order valence-corrected chi connectivity index (χ2v) is 9.86. The number of para-hydroxylation sites is 2. The van der Waals surface area contributed by atoms with Crippen molar-refractivity contribution in [2.45, 2.75) is 13.0 Å². The zero-order chi connectivity index (χ0) is 25.4. The molecule has 1 aliphatic rings. The molecule has 0 spiro atoms. The van der Waals surface area contributed by atoms with E-state index in [0.717, 1.165) is 22.3 Å². The summed E-state index contributed by atoms with van der Waals surface area (Å²) in [5.74, 6) is -1.15. The number of benzene rings is 2. The topological polar surface area (TPSA) is 130 Å². The number of nitrogens with zero attached hydrogens (tertiary/aromatic N) is 3. The zero-order valence-corrected chi connectivity index (χ0v) is 20.3. The predicted octanol–water partition coefficient (Wildman–Crippen LogP) is 2.92. The van der Waals surface area contributed by atoms with Gasteiger partial charge in [0.15, 0.2) is 4.80 Å². The van der Waals surface area contributed by atoms with E-state index < -0.39 is 28.0 Å². The van der Waals surface area contributed by atoms with Gasteiger partial charge in [0.2, 0.25) is 0 Å². The van der Waals surface area contributed by atoms with Crippen molar-refractivity contribution in [3.05, 3.63) is 118 Å². The van der Waals surface area contributed by atoms with Crippen molar-refractivity contribution in [1.29, 1.82) is 0 Å². The molecule has 2 aromatic carbocycles. The van der Waals surface area contributed by atoms with Gasteiger partial charge < -0.3 is 10.4 Å². The monoisotopic (exact) mass is 517 g/mol. The molecule has 0 unspecified atom stereocenters. The maximum absolute atomic E-state index is 13.6. The molecule has 5 rings (SSSR count). The summed E-state index contributed by atoms with van der Waals surface area (Å²) in [5, 5.41) is 28.4. The van der Waals surface area contributed by atoms with Crippen LogP contribution in [0.2, 0.25) is 0 Å². The molecule has 0 radical (unpaired) electrons. The van der Waals surface area contributed by atoms with Crippen molar-refractivity contribution in [1.82, 2.24) is 4.57 Å². The van der Waals surface area contributed by atoms with E-state index in [2.05, 4.69) is 10.3 Å². The number of carbonyl (C=O) groups excluding carboxylic acids is 1. The van der Waals surface area contributed by atoms with Crippen LogP contribution < -0.4 is 25.3 Å². The van der Waals surface area contributed by atoms with Crippen LogP contribution >= 0.6 is 22.7 Å². The maximum Gasteiger partial charge on any atom is 0.271 e. The lowest BCUT2D eigenvalue weighted by Gasteiger charge is -2.24. The Kier molecular flexibility index (Phi) is 6.08. The Morgan fingerprint density at radius 2 is 1.92 bits per heavy atom. The highest BCUT2D eigenvalue weighted by Gasteiger charge is 2.33. The lowest BCUT2D eigenvalue weighted by molar-refractivity contribution is -0.398. The number of hydrogen-bond acceptors (Lipinski definition) is 8. The normalized spacial score (nSPS) is 15.4. The molecule has 1 amide bonds. The summed E-state index contributed by atoms with van der Waals surface area (Å²) in [4.78, 5) is 43.1. The summed E-state index contributed by atoms with van der Waals surface area (Å²) >= 11 is 2.47. The molecule has 0 saturated heterocycles. The van der Waals surface area contributed by atoms with Gasteiger partial charge in [0.25, 0.3) is 17.2 Å². The second-order valence-electron chi connectivity index (χ2n) is 7.87. The first-order valence-electron chi connectivity index (χ1n) is 10.7. The molecule has 1 N–H and O–H groups in total. The molecule has 180 valence electrons. The number of hydrogen-bond donors (Lipinski definition) is 1. The number of thiazole rings is 1.